The van der Waals surface area contributed by atoms with Crippen molar-refractivity contribution in [2.24, 2.45) is 11.7 Å². The summed E-state index contributed by atoms with van der Waals surface area (Å²) < 4.78 is 0. The molecule has 0 aromatic heterocycles. The van der Waals surface area contributed by atoms with Crippen molar-refractivity contribution in [2.75, 3.05) is 0 Å². The van der Waals surface area contributed by atoms with E-state index < -0.39 is 0 Å². The Morgan fingerprint density at radius 3 is 2.86 bits per heavy atom. The SMILES string of the molecule is CCCC1CC1NC(=O)CC(N)CC. The van der Waals surface area contributed by atoms with E-state index in [0.717, 1.165) is 12.3 Å². The maximum absolute atomic E-state index is 11.4. The largest absolute Gasteiger partial charge is 0.353 e. The van der Waals surface area contributed by atoms with Gasteiger partial charge in [0.25, 0.3) is 0 Å². The molecule has 0 radical (unpaired) electrons. The summed E-state index contributed by atoms with van der Waals surface area (Å²) in [6, 6.07) is 0.477. The first-order chi connectivity index (χ1) is 6.67. The number of carbonyl (C=O) groups excluding carboxylic acids is 1. The number of carbonyl (C=O) groups is 1. The maximum atomic E-state index is 11.4. The lowest BCUT2D eigenvalue weighted by molar-refractivity contribution is -0.121. The quantitative estimate of drug-likeness (QED) is 0.678. The van der Waals surface area contributed by atoms with E-state index >= 15 is 0 Å². The summed E-state index contributed by atoms with van der Waals surface area (Å²) in [5, 5.41) is 3.04. The third-order valence-electron chi connectivity index (χ3n) is 2.90. The van der Waals surface area contributed by atoms with E-state index in [9.17, 15) is 4.79 Å². The molecule has 0 bridgehead atoms. The van der Waals surface area contributed by atoms with Gasteiger partial charge in [-0.1, -0.05) is 20.3 Å². The Labute approximate surface area is 86.4 Å². The minimum atomic E-state index is 0.0263. The first-order valence-corrected chi connectivity index (χ1v) is 5.72. The molecule has 1 amide bonds. The van der Waals surface area contributed by atoms with Crippen molar-refractivity contribution in [1.82, 2.24) is 5.32 Å². The number of hydrogen-bond donors (Lipinski definition) is 2. The van der Waals surface area contributed by atoms with Crippen LogP contribution in [0.25, 0.3) is 0 Å². The predicted octanol–water partition coefficient (Wildman–Crippen LogP) is 1.42. The summed E-state index contributed by atoms with van der Waals surface area (Å²) in [4.78, 5) is 11.4. The Kier molecular flexibility index (Phi) is 4.39. The molecular formula is C11H22N2O. The molecule has 1 saturated carbocycles. The zero-order chi connectivity index (χ0) is 10.6. The fourth-order valence-electron chi connectivity index (χ4n) is 1.76. The van der Waals surface area contributed by atoms with Gasteiger partial charge in [-0.15, -0.1) is 0 Å². The van der Waals surface area contributed by atoms with E-state index in [1.54, 1.807) is 0 Å². The van der Waals surface area contributed by atoms with Gasteiger partial charge in [0.1, 0.15) is 0 Å². The van der Waals surface area contributed by atoms with E-state index in [-0.39, 0.29) is 11.9 Å². The molecule has 3 heteroatoms. The highest BCUT2D eigenvalue weighted by molar-refractivity contribution is 5.77. The molecule has 3 atom stereocenters. The lowest BCUT2D eigenvalue weighted by atomic mass is 10.1. The molecule has 14 heavy (non-hydrogen) atoms. The molecule has 1 fully saturated rings. The monoisotopic (exact) mass is 198 g/mol. The summed E-state index contributed by atoms with van der Waals surface area (Å²) in [7, 11) is 0. The second kappa shape index (κ2) is 5.35. The summed E-state index contributed by atoms with van der Waals surface area (Å²) >= 11 is 0. The molecule has 0 saturated heterocycles. The van der Waals surface area contributed by atoms with Crippen LogP contribution >= 0.6 is 0 Å². The van der Waals surface area contributed by atoms with Gasteiger partial charge in [0, 0.05) is 18.5 Å². The van der Waals surface area contributed by atoms with Gasteiger partial charge in [-0.3, -0.25) is 4.79 Å². The third kappa shape index (κ3) is 3.66. The number of nitrogens with two attached hydrogens (primary N) is 1. The molecule has 0 aromatic rings. The van der Waals surface area contributed by atoms with Crippen LogP contribution in [0, 0.1) is 5.92 Å². The molecule has 1 aliphatic rings. The van der Waals surface area contributed by atoms with Crippen molar-refractivity contribution in [1.29, 1.82) is 0 Å². The average molecular weight is 198 g/mol. The van der Waals surface area contributed by atoms with Gasteiger partial charge >= 0.3 is 0 Å². The molecule has 0 aromatic carbocycles. The first-order valence-electron chi connectivity index (χ1n) is 5.72. The van der Waals surface area contributed by atoms with Crippen LogP contribution in [-0.4, -0.2) is 18.0 Å². The van der Waals surface area contributed by atoms with Crippen molar-refractivity contribution in [3.8, 4) is 0 Å². The molecule has 3 N–H and O–H groups in total. The van der Waals surface area contributed by atoms with Crippen LogP contribution < -0.4 is 11.1 Å². The van der Waals surface area contributed by atoms with E-state index in [4.69, 9.17) is 5.73 Å². The molecule has 3 unspecified atom stereocenters. The standard InChI is InChI=1S/C11H22N2O/c1-3-5-8-6-10(8)13-11(14)7-9(12)4-2/h8-10H,3-7,12H2,1-2H3,(H,13,14). The highest BCUT2D eigenvalue weighted by atomic mass is 16.1. The van der Waals surface area contributed by atoms with E-state index in [1.165, 1.54) is 19.3 Å². The summed E-state index contributed by atoms with van der Waals surface area (Å²) in [5.74, 6) is 0.866. The number of rotatable bonds is 6. The van der Waals surface area contributed by atoms with Crippen LogP contribution in [0.1, 0.15) is 46.0 Å². The second-order valence-corrected chi connectivity index (χ2v) is 4.33. The smallest absolute Gasteiger partial charge is 0.221 e. The van der Waals surface area contributed by atoms with E-state index in [2.05, 4.69) is 12.2 Å². The normalized spacial score (nSPS) is 27.1. The summed E-state index contributed by atoms with van der Waals surface area (Å²) in [5.41, 5.74) is 5.70. The minimum Gasteiger partial charge on any atom is -0.353 e. The van der Waals surface area contributed by atoms with E-state index in [0.29, 0.717) is 12.5 Å². The van der Waals surface area contributed by atoms with Gasteiger partial charge in [-0.25, -0.2) is 0 Å². The number of nitrogens with one attached hydrogen (secondary N) is 1. The predicted molar refractivity (Wildman–Crippen MR) is 57.8 cm³/mol. The minimum absolute atomic E-state index is 0.0263. The van der Waals surface area contributed by atoms with Crippen LogP contribution in [-0.2, 0) is 4.79 Å². The van der Waals surface area contributed by atoms with Crippen molar-refractivity contribution in [3.05, 3.63) is 0 Å². The lowest BCUT2D eigenvalue weighted by Gasteiger charge is -2.08. The Balaban J connectivity index is 2.10. The Bertz CT molecular complexity index is 194. The highest BCUT2D eigenvalue weighted by Gasteiger charge is 2.36. The van der Waals surface area contributed by atoms with Crippen molar-refractivity contribution >= 4 is 5.91 Å². The molecule has 82 valence electrons. The van der Waals surface area contributed by atoms with Crippen LogP contribution in [0.4, 0.5) is 0 Å². The van der Waals surface area contributed by atoms with Crippen molar-refractivity contribution in [3.63, 3.8) is 0 Å². The molecular weight excluding hydrogens is 176 g/mol. The van der Waals surface area contributed by atoms with Gasteiger partial charge < -0.3 is 11.1 Å². The molecule has 0 spiro atoms. The summed E-state index contributed by atoms with van der Waals surface area (Å²) in [6.45, 7) is 4.19. The maximum Gasteiger partial charge on any atom is 0.221 e. The fourth-order valence-corrected chi connectivity index (χ4v) is 1.76. The van der Waals surface area contributed by atoms with Crippen LogP contribution in [0.15, 0.2) is 0 Å². The average Bonchev–Trinajstić information content (AvgIpc) is 2.83. The van der Waals surface area contributed by atoms with Crippen molar-refractivity contribution < 1.29 is 4.79 Å². The van der Waals surface area contributed by atoms with E-state index in [1.807, 2.05) is 6.92 Å². The number of amides is 1. The van der Waals surface area contributed by atoms with Gasteiger partial charge in [0.15, 0.2) is 0 Å². The van der Waals surface area contributed by atoms with Crippen LogP contribution in [0.2, 0.25) is 0 Å². The van der Waals surface area contributed by atoms with Crippen LogP contribution in [0.5, 0.6) is 0 Å². The van der Waals surface area contributed by atoms with Crippen molar-refractivity contribution in [2.45, 2.75) is 58.0 Å². The first kappa shape index (κ1) is 11.5. The second-order valence-electron chi connectivity index (χ2n) is 4.33. The highest BCUT2D eigenvalue weighted by Crippen LogP contribution is 2.34. The zero-order valence-electron chi connectivity index (χ0n) is 9.25. The Morgan fingerprint density at radius 2 is 2.29 bits per heavy atom. The van der Waals surface area contributed by atoms with Gasteiger partial charge in [0.05, 0.1) is 0 Å². The number of hydrogen-bond acceptors (Lipinski definition) is 2. The van der Waals surface area contributed by atoms with Gasteiger partial charge in [-0.05, 0) is 25.2 Å². The molecule has 0 heterocycles. The Morgan fingerprint density at radius 1 is 1.57 bits per heavy atom. The van der Waals surface area contributed by atoms with Gasteiger partial charge in [-0.2, -0.15) is 0 Å². The van der Waals surface area contributed by atoms with Gasteiger partial charge in [0.2, 0.25) is 5.91 Å². The topological polar surface area (TPSA) is 55.1 Å². The van der Waals surface area contributed by atoms with Crippen LogP contribution in [0.3, 0.4) is 0 Å². The fraction of sp³-hybridized carbons (Fsp3) is 0.909. The lowest BCUT2D eigenvalue weighted by Crippen LogP contribution is -2.33. The summed E-state index contributed by atoms with van der Waals surface area (Å²) in [6.07, 6.45) is 4.97. The molecule has 1 rings (SSSR count). The Hall–Kier alpha value is -0.570. The third-order valence-corrected chi connectivity index (χ3v) is 2.90. The zero-order valence-corrected chi connectivity index (χ0v) is 9.25. The molecule has 1 aliphatic carbocycles. The molecule has 3 nitrogen and oxygen atoms in total. The molecule has 0 aliphatic heterocycles.